The van der Waals surface area contributed by atoms with Crippen molar-refractivity contribution in [2.45, 2.75) is 6.42 Å². The molecule has 2 aromatic rings. The van der Waals surface area contributed by atoms with Gasteiger partial charge in [-0.25, -0.2) is 0 Å². The molecule has 1 saturated heterocycles. The van der Waals surface area contributed by atoms with Crippen LogP contribution < -0.4 is 19.5 Å². The van der Waals surface area contributed by atoms with Crippen molar-refractivity contribution in [3.8, 4) is 17.2 Å². The first-order valence-corrected chi connectivity index (χ1v) is 10.6. The SMILES string of the molecule is COc1cc(C=C2SC(=S)N(CCC(=O)Nc3ccccc3)C2=O)cc(OC)c1OC. The van der Waals surface area contributed by atoms with Gasteiger partial charge in [-0.15, -0.1) is 0 Å². The molecule has 2 amide bonds. The highest BCUT2D eigenvalue weighted by Crippen LogP contribution is 2.40. The Kier molecular flexibility index (Phi) is 7.54. The number of carbonyl (C=O) groups excluding carboxylic acids is 2. The van der Waals surface area contributed by atoms with E-state index in [0.29, 0.717) is 37.7 Å². The number of para-hydroxylation sites is 1. The van der Waals surface area contributed by atoms with E-state index in [2.05, 4.69) is 5.32 Å². The Balaban J connectivity index is 1.71. The number of hydrogen-bond acceptors (Lipinski definition) is 7. The Morgan fingerprint density at radius 2 is 1.74 bits per heavy atom. The monoisotopic (exact) mass is 458 g/mol. The fourth-order valence-electron chi connectivity index (χ4n) is 2.99. The lowest BCUT2D eigenvalue weighted by Crippen LogP contribution is -2.31. The van der Waals surface area contributed by atoms with Crippen LogP contribution in [0.25, 0.3) is 6.08 Å². The van der Waals surface area contributed by atoms with Crippen LogP contribution in [0.3, 0.4) is 0 Å². The van der Waals surface area contributed by atoms with Crippen molar-refractivity contribution in [3.63, 3.8) is 0 Å². The molecule has 9 heteroatoms. The van der Waals surface area contributed by atoms with Crippen LogP contribution in [0, 0.1) is 0 Å². The summed E-state index contributed by atoms with van der Waals surface area (Å²) in [5.74, 6) is 1.02. The quantitative estimate of drug-likeness (QED) is 0.474. The second-order valence-corrected chi connectivity index (χ2v) is 8.13. The summed E-state index contributed by atoms with van der Waals surface area (Å²) >= 11 is 6.55. The highest BCUT2D eigenvalue weighted by molar-refractivity contribution is 8.26. The summed E-state index contributed by atoms with van der Waals surface area (Å²) in [6.07, 6.45) is 1.85. The van der Waals surface area contributed by atoms with Crippen molar-refractivity contribution >= 4 is 51.9 Å². The molecule has 1 heterocycles. The van der Waals surface area contributed by atoms with Gasteiger partial charge in [-0.05, 0) is 35.9 Å². The van der Waals surface area contributed by atoms with Gasteiger partial charge in [0, 0.05) is 18.7 Å². The number of methoxy groups -OCH3 is 3. The number of amides is 2. The van der Waals surface area contributed by atoms with Gasteiger partial charge in [0.15, 0.2) is 11.5 Å². The van der Waals surface area contributed by atoms with Crippen molar-refractivity contribution in [2.24, 2.45) is 0 Å². The number of thioether (sulfide) groups is 1. The van der Waals surface area contributed by atoms with Gasteiger partial charge < -0.3 is 19.5 Å². The number of nitrogens with zero attached hydrogens (tertiary/aromatic N) is 1. The highest BCUT2D eigenvalue weighted by atomic mass is 32.2. The van der Waals surface area contributed by atoms with Crippen molar-refractivity contribution in [2.75, 3.05) is 33.2 Å². The normalized spacial score (nSPS) is 14.7. The Morgan fingerprint density at radius 1 is 1.10 bits per heavy atom. The van der Waals surface area contributed by atoms with Crippen LogP contribution in [0.4, 0.5) is 5.69 Å². The van der Waals surface area contributed by atoms with E-state index in [0.717, 1.165) is 0 Å². The molecule has 31 heavy (non-hydrogen) atoms. The molecule has 0 radical (unpaired) electrons. The van der Waals surface area contributed by atoms with Gasteiger partial charge in [-0.3, -0.25) is 14.5 Å². The van der Waals surface area contributed by atoms with Crippen molar-refractivity contribution < 1.29 is 23.8 Å². The fraction of sp³-hybridized carbons (Fsp3) is 0.227. The van der Waals surface area contributed by atoms with Crippen LogP contribution in [0.5, 0.6) is 17.2 Å². The van der Waals surface area contributed by atoms with Gasteiger partial charge in [0.25, 0.3) is 5.91 Å². The largest absolute Gasteiger partial charge is 0.493 e. The van der Waals surface area contributed by atoms with Gasteiger partial charge in [0.1, 0.15) is 4.32 Å². The second-order valence-electron chi connectivity index (χ2n) is 6.46. The van der Waals surface area contributed by atoms with E-state index in [1.807, 2.05) is 18.2 Å². The molecule has 7 nitrogen and oxygen atoms in total. The second kappa shape index (κ2) is 10.3. The summed E-state index contributed by atoms with van der Waals surface area (Å²) in [6.45, 7) is 0.204. The lowest BCUT2D eigenvalue weighted by molar-refractivity contribution is -0.122. The third-order valence-corrected chi connectivity index (χ3v) is 5.86. The number of benzene rings is 2. The van der Waals surface area contributed by atoms with E-state index in [-0.39, 0.29) is 24.8 Å². The van der Waals surface area contributed by atoms with Gasteiger partial charge >= 0.3 is 0 Å². The van der Waals surface area contributed by atoms with Gasteiger partial charge in [-0.2, -0.15) is 0 Å². The molecule has 1 aliphatic heterocycles. The first kappa shape index (κ1) is 22.6. The predicted octanol–water partition coefficient (Wildman–Crippen LogP) is 3.94. The summed E-state index contributed by atoms with van der Waals surface area (Å²) < 4.78 is 16.5. The molecule has 0 aliphatic carbocycles. The van der Waals surface area contributed by atoms with Crippen LogP contribution in [0.15, 0.2) is 47.4 Å². The van der Waals surface area contributed by atoms with E-state index in [1.54, 1.807) is 30.3 Å². The van der Waals surface area contributed by atoms with E-state index in [1.165, 1.54) is 38.0 Å². The Morgan fingerprint density at radius 3 is 2.32 bits per heavy atom. The topological polar surface area (TPSA) is 77.1 Å². The number of anilines is 1. The molecule has 1 N–H and O–H groups in total. The average Bonchev–Trinajstić information content (AvgIpc) is 3.04. The summed E-state index contributed by atoms with van der Waals surface area (Å²) in [7, 11) is 4.58. The summed E-state index contributed by atoms with van der Waals surface area (Å²) in [5.41, 5.74) is 1.41. The molecule has 0 aromatic heterocycles. The molecule has 0 spiro atoms. The smallest absolute Gasteiger partial charge is 0.266 e. The Labute approximate surface area is 190 Å². The summed E-state index contributed by atoms with van der Waals surface area (Å²) in [5, 5.41) is 2.80. The van der Waals surface area contributed by atoms with Crippen molar-refractivity contribution in [3.05, 3.63) is 52.9 Å². The number of carbonyl (C=O) groups is 2. The highest BCUT2D eigenvalue weighted by Gasteiger charge is 2.32. The maximum atomic E-state index is 12.9. The zero-order chi connectivity index (χ0) is 22.4. The molecule has 0 saturated carbocycles. The third kappa shape index (κ3) is 5.36. The zero-order valence-corrected chi connectivity index (χ0v) is 19.0. The number of rotatable bonds is 8. The maximum absolute atomic E-state index is 12.9. The molecule has 1 fully saturated rings. The molecular weight excluding hydrogens is 436 g/mol. The molecule has 162 valence electrons. The first-order chi connectivity index (χ1) is 15.0. The molecule has 1 aliphatic rings. The minimum atomic E-state index is -0.240. The number of thiocarbonyl (C=S) groups is 1. The fourth-order valence-corrected chi connectivity index (χ4v) is 4.30. The summed E-state index contributed by atoms with van der Waals surface area (Å²) in [4.78, 5) is 27.0. The zero-order valence-electron chi connectivity index (χ0n) is 17.3. The summed E-state index contributed by atoms with van der Waals surface area (Å²) in [6, 6.07) is 12.7. The van der Waals surface area contributed by atoms with Crippen LogP contribution in [0.1, 0.15) is 12.0 Å². The Bertz CT molecular complexity index is 999. The molecular formula is C22H22N2O5S2. The predicted molar refractivity (Wildman–Crippen MR) is 126 cm³/mol. The van der Waals surface area contributed by atoms with Crippen LogP contribution >= 0.6 is 24.0 Å². The van der Waals surface area contributed by atoms with Crippen molar-refractivity contribution in [1.82, 2.24) is 4.90 Å². The lowest BCUT2D eigenvalue weighted by Gasteiger charge is -2.14. The van der Waals surface area contributed by atoms with Gasteiger partial charge in [0.05, 0.1) is 26.2 Å². The van der Waals surface area contributed by atoms with Crippen molar-refractivity contribution in [1.29, 1.82) is 0 Å². The molecule has 2 aromatic carbocycles. The standard InChI is InChI=1S/C22H22N2O5S2/c1-27-16-11-14(12-17(28-2)20(16)29-3)13-18-21(26)24(22(30)31-18)10-9-19(25)23-15-7-5-4-6-8-15/h4-8,11-13H,9-10H2,1-3H3,(H,23,25). The maximum Gasteiger partial charge on any atom is 0.266 e. The number of hydrogen-bond donors (Lipinski definition) is 1. The van der Waals surface area contributed by atoms with Crippen LogP contribution in [0.2, 0.25) is 0 Å². The van der Waals surface area contributed by atoms with E-state index in [4.69, 9.17) is 26.4 Å². The number of ether oxygens (including phenoxy) is 3. The molecule has 0 atom stereocenters. The molecule has 0 unspecified atom stereocenters. The molecule has 3 rings (SSSR count). The minimum absolute atomic E-state index is 0.138. The Hall–Kier alpha value is -3.04. The minimum Gasteiger partial charge on any atom is -0.493 e. The van der Waals surface area contributed by atoms with E-state index >= 15 is 0 Å². The van der Waals surface area contributed by atoms with Gasteiger partial charge in [-0.1, -0.05) is 42.2 Å². The molecule has 0 bridgehead atoms. The van der Waals surface area contributed by atoms with E-state index < -0.39 is 0 Å². The van der Waals surface area contributed by atoms with E-state index in [9.17, 15) is 9.59 Å². The third-order valence-electron chi connectivity index (χ3n) is 4.48. The van der Waals surface area contributed by atoms with Crippen LogP contribution in [-0.4, -0.2) is 48.9 Å². The number of nitrogens with one attached hydrogen (secondary N) is 1. The first-order valence-electron chi connectivity index (χ1n) is 9.37. The van der Waals surface area contributed by atoms with Crippen LogP contribution in [-0.2, 0) is 9.59 Å². The van der Waals surface area contributed by atoms with Gasteiger partial charge in [0.2, 0.25) is 11.7 Å². The average molecular weight is 459 g/mol. The lowest BCUT2D eigenvalue weighted by atomic mass is 10.1.